The Labute approximate surface area is 107 Å². The molecule has 0 spiro atoms. The van der Waals surface area contributed by atoms with Gasteiger partial charge in [-0.15, -0.1) is 0 Å². The summed E-state index contributed by atoms with van der Waals surface area (Å²) < 4.78 is 11.6. The molecule has 0 saturated heterocycles. The average Bonchev–Trinajstić information content (AvgIpc) is 2.30. The lowest BCUT2D eigenvalue weighted by Gasteiger charge is -2.33. The Balaban J connectivity index is 2.46. The van der Waals surface area contributed by atoms with E-state index < -0.39 is 8.56 Å². The van der Waals surface area contributed by atoms with Crippen LogP contribution in [0.15, 0.2) is 0 Å². The van der Waals surface area contributed by atoms with E-state index in [4.69, 9.17) is 8.85 Å². The van der Waals surface area contributed by atoms with E-state index in [-0.39, 0.29) is 6.10 Å². The van der Waals surface area contributed by atoms with E-state index >= 15 is 0 Å². The number of aliphatic hydroxyl groups is 1. The van der Waals surface area contributed by atoms with Crippen molar-refractivity contribution >= 4 is 8.56 Å². The highest BCUT2D eigenvalue weighted by Crippen LogP contribution is 2.30. The predicted molar refractivity (Wildman–Crippen MR) is 72.3 cm³/mol. The van der Waals surface area contributed by atoms with Crippen LogP contribution in [0.3, 0.4) is 0 Å². The van der Waals surface area contributed by atoms with Crippen LogP contribution in [-0.2, 0) is 8.85 Å². The van der Waals surface area contributed by atoms with Gasteiger partial charge in [-0.3, -0.25) is 0 Å². The summed E-state index contributed by atoms with van der Waals surface area (Å²) in [5, 5.41) is 10.3. The number of hydrogen-bond acceptors (Lipinski definition) is 3. The highest BCUT2D eigenvalue weighted by molar-refractivity contribution is 6.66. The lowest BCUT2D eigenvalue weighted by atomic mass is 9.86. The second kappa shape index (κ2) is 7.51. The van der Waals surface area contributed by atoms with Crippen molar-refractivity contribution in [3.63, 3.8) is 0 Å². The largest absolute Gasteiger partial charge is 0.395 e. The van der Waals surface area contributed by atoms with Crippen LogP contribution < -0.4 is 0 Å². The monoisotopic (exact) mass is 260 g/mol. The van der Waals surface area contributed by atoms with Gasteiger partial charge in [-0.05, 0) is 39.2 Å². The molecule has 0 heterocycles. The van der Waals surface area contributed by atoms with Gasteiger partial charge in [0.2, 0.25) is 0 Å². The molecular weight excluding hydrogens is 232 g/mol. The molecule has 0 aliphatic heterocycles. The van der Waals surface area contributed by atoms with Crippen LogP contribution in [0.25, 0.3) is 0 Å². The zero-order valence-electron chi connectivity index (χ0n) is 11.6. The summed E-state index contributed by atoms with van der Waals surface area (Å²) in [6.45, 7) is 7.43. The van der Waals surface area contributed by atoms with Crippen molar-refractivity contribution in [1.29, 1.82) is 0 Å². The van der Waals surface area contributed by atoms with Gasteiger partial charge in [0.25, 0.3) is 0 Å². The van der Waals surface area contributed by atoms with Gasteiger partial charge >= 0.3 is 8.56 Å². The standard InChI is InChI=1S/C13H28O3Si/c1-4-15-17(3,16-5-2)11-13(14)12-9-7-6-8-10-12/h12-14H,4-11H2,1-3H3. The minimum atomic E-state index is -2.15. The molecule has 0 aromatic carbocycles. The van der Waals surface area contributed by atoms with Gasteiger partial charge in [-0.1, -0.05) is 19.3 Å². The third-order valence-corrected chi connectivity index (χ3v) is 6.63. The molecule has 3 nitrogen and oxygen atoms in total. The molecule has 1 saturated carbocycles. The molecule has 17 heavy (non-hydrogen) atoms. The highest BCUT2D eigenvalue weighted by atomic mass is 28.4. The first-order valence-corrected chi connectivity index (χ1v) is 9.59. The summed E-state index contributed by atoms with van der Waals surface area (Å²) >= 11 is 0. The molecule has 1 atom stereocenters. The van der Waals surface area contributed by atoms with Crippen molar-refractivity contribution in [3.05, 3.63) is 0 Å². The minimum Gasteiger partial charge on any atom is -0.395 e. The first-order chi connectivity index (χ1) is 8.11. The van der Waals surface area contributed by atoms with Crippen molar-refractivity contribution in [3.8, 4) is 0 Å². The van der Waals surface area contributed by atoms with Crippen LogP contribution in [0.5, 0.6) is 0 Å². The molecule has 1 rings (SSSR count). The Hall–Kier alpha value is 0.0969. The van der Waals surface area contributed by atoms with Gasteiger partial charge in [0.1, 0.15) is 0 Å². The Kier molecular flexibility index (Phi) is 6.70. The quantitative estimate of drug-likeness (QED) is 0.715. The Morgan fingerprint density at radius 1 is 1.12 bits per heavy atom. The van der Waals surface area contributed by atoms with Gasteiger partial charge in [0.05, 0.1) is 6.10 Å². The van der Waals surface area contributed by atoms with Gasteiger partial charge in [-0.2, -0.15) is 0 Å². The van der Waals surface area contributed by atoms with E-state index in [0.717, 1.165) is 6.04 Å². The maximum absolute atomic E-state index is 10.3. The van der Waals surface area contributed by atoms with Crippen molar-refractivity contribution in [2.75, 3.05) is 13.2 Å². The van der Waals surface area contributed by atoms with E-state index in [9.17, 15) is 5.11 Å². The average molecular weight is 260 g/mol. The molecule has 102 valence electrons. The summed E-state index contributed by atoms with van der Waals surface area (Å²) in [7, 11) is -2.15. The van der Waals surface area contributed by atoms with Crippen LogP contribution in [-0.4, -0.2) is 33.0 Å². The third kappa shape index (κ3) is 5.08. The van der Waals surface area contributed by atoms with Crippen LogP contribution in [0.2, 0.25) is 12.6 Å². The summed E-state index contributed by atoms with van der Waals surface area (Å²) in [4.78, 5) is 0. The van der Waals surface area contributed by atoms with Gasteiger partial charge < -0.3 is 14.0 Å². The van der Waals surface area contributed by atoms with E-state index in [1.165, 1.54) is 32.1 Å². The van der Waals surface area contributed by atoms with Gasteiger partial charge in [0, 0.05) is 19.3 Å². The second-order valence-corrected chi connectivity index (χ2v) is 8.42. The van der Waals surface area contributed by atoms with E-state index in [1.807, 2.05) is 13.8 Å². The number of rotatable bonds is 7. The molecule has 0 bridgehead atoms. The first-order valence-electron chi connectivity index (χ1n) is 7.07. The van der Waals surface area contributed by atoms with Crippen molar-refractivity contribution in [2.45, 2.75) is 64.6 Å². The lowest BCUT2D eigenvalue weighted by molar-refractivity contribution is 0.0831. The normalized spacial score (nSPS) is 20.5. The van der Waals surface area contributed by atoms with Gasteiger partial charge in [-0.25, -0.2) is 0 Å². The fraction of sp³-hybridized carbons (Fsp3) is 1.00. The molecule has 1 N–H and O–H groups in total. The topological polar surface area (TPSA) is 38.7 Å². The Morgan fingerprint density at radius 2 is 1.65 bits per heavy atom. The van der Waals surface area contributed by atoms with Crippen LogP contribution in [0.4, 0.5) is 0 Å². The van der Waals surface area contributed by atoms with E-state index in [1.54, 1.807) is 0 Å². The number of aliphatic hydroxyl groups excluding tert-OH is 1. The van der Waals surface area contributed by atoms with Crippen LogP contribution in [0.1, 0.15) is 46.0 Å². The van der Waals surface area contributed by atoms with Gasteiger partial charge in [0.15, 0.2) is 0 Å². The Morgan fingerprint density at radius 3 is 2.12 bits per heavy atom. The zero-order chi connectivity index (χ0) is 12.7. The summed E-state index contributed by atoms with van der Waals surface area (Å²) in [5.74, 6) is 0.469. The Bertz CT molecular complexity index is 199. The van der Waals surface area contributed by atoms with E-state index in [0.29, 0.717) is 19.1 Å². The molecule has 0 amide bonds. The molecule has 1 aliphatic carbocycles. The summed E-state index contributed by atoms with van der Waals surface area (Å²) in [6, 6.07) is 0.722. The minimum absolute atomic E-state index is 0.231. The second-order valence-electron chi connectivity index (χ2n) is 5.17. The van der Waals surface area contributed by atoms with Crippen LogP contribution >= 0.6 is 0 Å². The summed E-state index contributed by atoms with van der Waals surface area (Å²) in [5.41, 5.74) is 0. The van der Waals surface area contributed by atoms with E-state index in [2.05, 4.69) is 6.55 Å². The molecule has 0 aromatic rings. The molecule has 1 fully saturated rings. The molecule has 1 unspecified atom stereocenters. The third-order valence-electron chi connectivity index (χ3n) is 3.67. The highest BCUT2D eigenvalue weighted by Gasteiger charge is 2.36. The maximum Gasteiger partial charge on any atom is 0.337 e. The maximum atomic E-state index is 10.3. The van der Waals surface area contributed by atoms with Crippen molar-refractivity contribution < 1.29 is 14.0 Å². The van der Waals surface area contributed by atoms with Crippen molar-refractivity contribution in [2.24, 2.45) is 5.92 Å². The fourth-order valence-electron chi connectivity index (χ4n) is 2.84. The molecule has 4 heteroatoms. The molecule has 1 aliphatic rings. The first kappa shape index (κ1) is 15.2. The zero-order valence-corrected chi connectivity index (χ0v) is 12.6. The number of hydrogen-bond donors (Lipinski definition) is 1. The smallest absolute Gasteiger partial charge is 0.337 e. The lowest BCUT2D eigenvalue weighted by Crippen LogP contribution is -2.43. The molecule has 0 radical (unpaired) electrons. The SMILES string of the molecule is CCO[Si](C)(CC(O)C1CCCCC1)OCC. The molecule has 0 aromatic heterocycles. The van der Waals surface area contributed by atoms with Crippen LogP contribution in [0, 0.1) is 5.92 Å². The molecular formula is C13H28O3Si. The fourth-order valence-corrected chi connectivity index (χ4v) is 5.47. The summed E-state index contributed by atoms with van der Waals surface area (Å²) in [6.07, 6.45) is 5.97. The predicted octanol–water partition coefficient (Wildman–Crippen LogP) is 3.07. The van der Waals surface area contributed by atoms with Crippen molar-refractivity contribution in [1.82, 2.24) is 0 Å².